The summed E-state index contributed by atoms with van der Waals surface area (Å²) in [6.07, 6.45) is 0.997. The van der Waals surface area contributed by atoms with Gasteiger partial charge in [0.15, 0.2) is 0 Å². The van der Waals surface area contributed by atoms with Crippen LogP contribution in [0.4, 0.5) is 0 Å². The van der Waals surface area contributed by atoms with Gasteiger partial charge in [0.25, 0.3) is 0 Å². The van der Waals surface area contributed by atoms with Crippen LogP contribution in [0.15, 0.2) is 30.3 Å². The Kier molecular flexibility index (Phi) is 5.59. The van der Waals surface area contributed by atoms with Crippen molar-refractivity contribution < 1.29 is 9.53 Å². The van der Waals surface area contributed by atoms with E-state index in [0.29, 0.717) is 19.1 Å². The fraction of sp³-hybridized carbons (Fsp3) is 0.611. The van der Waals surface area contributed by atoms with Crippen LogP contribution in [-0.4, -0.2) is 36.5 Å². The van der Waals surface area contributed by atoms with Crippen LogP contribution in [0.5, 0.6) is 0 Å². The van der Waals surface area contributed by atoms with Gasteiger partial charge >= 0.3 is 0 Å². The topological polar surface area (TPSA) is 55.6 Å². The van der Waals surface area contributed by atoms with Crippen molar-refractivity contribution in [2.45, 2.75) is 39.8 Å². The van der Waals surface area contributed by atoms with Crippen LogP contribution in [0, 0.1) is 11.3 Å². The Morgan fingerprint density at radius 3 is 2.68 bits per heavy atom. The van der Waals surface area contributed by atoms with Crippen LogP contribution in [-0.2, 0) is 16.1 Å². The molecule has 0 radical (unpaired) electrons. The molecule has 1 saturated heterocycles. The van der Waals surface area contributed by atoms with Gasteiger partial charge < -0.3 is 15.4 Å². The molecule has 2 rings (SSSR count). The van der Waals surface area contributed by atoms with Crippen molar-refractivity contribution in [1.82, 2.24) is 4.90 Å². The molecule has 0 saturated carbocycles. The van der Waals surface area contributed by atoms with Crippen LogP contribution in [0.25, 0.3) is 0 Å². The van der Waals surface area contributed by atoms with E-state index in [1.54, 1.807) is 0 Å². The number of carbonyl (C=O) groups is 1. The molecule has 1 aliphatic heterocycles. The molecule has 1 amide bonds. The van der Waals surface area contributed by atoms with Gasteiger partial charge in [0.05, 0.1) is 19.3 Å². The molecule has 0 aliphatic carbocycles. The van der Waals surface area contributed by atoms with E-state index in [0.717, 1.165) is 19.5 Å². The maximum absolute atomic E-state index is 12.4. The van der Waals surface area contributed by atoms with Crippen molar-refractivity contribution in [3.8, 4) is 0 Å². The minimum absolute atomic E-state index is 0.0676. The van der Waals surface area contributed by atoms with E-state index in [-0.39, 0.29) is 11.3 Å². The van der Waals surface area contributed by atoms with Crippen LogP contribution < -0.4 is 5.73 Å². The summed E-state index contributed by atoms with van der Waals surface area (Å²) in [5, 5.41) is 0. The normalized spacial score (nSPS) is 20.2. The molecule has 122 valence electrons. The molecular formula is C18H28N2O2. The number of carbonyl (C=O) groups excluding carboxylic acids is 1. The van der Waals surface area contributed by atoms with E-state index >= 15 is 0 Å². The molecule has 0 bridgehead atoms. The zero-order valence-electron chi connectivity index (χ0n) is 13.9. The van der Waals surface area contributed by atoms with Gasteiger partial charge in [0, 0.05) is 19.0 Å². The summed E-state index contributed by atoms with van der Waals surface area (Å²) in [7, 11) is 0. The highest BCUT2D eigenvalue weighted by atomic mass is 16.5. The monoisotopic (exact) mass is 304 g/mol. The van der Waals surface area contributed by atoms with Crippen LogP contribution in [0.3, 0.4) is 0 Å². The average molecular weight is 304 g/mol. The van der Waals surface area contributed by atoms with Gasteiger partial charge in [0.2, 0.25) is 5.91 Å². The molecule has 22 heavy (non-hydrogen) atoms. The lowest BCUT2D eigenvalue weighted by Gasteiger charge is -2.30. The Balaban J connectivity index is 1.75. The smallest absolute Gasteiger partial charge is 0.240 e. The first-order valence-electron chi connectivity index (χ1n) is 8.04. The first-order chi connectivity index (χ1) is 10.4. The van der Waals surface area contributed by atoms with Gasteiger partial charge in [-0.25, -0.2) is 0 Å². The molecule has 4 nitrogen and oxygen atoms in total. The Hall–Kier alpha value is -1.39. The lowest BCUT2D eigenvalue weighted by atomic mass is 9.86. The summed E-state index contributed by atoms with van der Waals surface area (Å²) in [5.41, 5.74) is 7.06. The summed E-state index contributed by atoms with van der Waals surface area (Å²) < 4.78 is 5.79. The number of hydrogen-bond acceptors (Lipinski definition) is 3. The van der Waals surface area contributed by atoms with Crippen molar-refractivity contribution in [1.29, 1.82) is 0 Å². The summed E-state index contributed by atoms with van der Waals surface area (Å²) in [6.45, 7) is 8.90. The second kappa shape index (κ2) is 7.25. The van der Waals surface area contributed by atoms with E-state index in [1.165, 1.54) is 5.56 Å². The van der Waals surface area contributed by atoms with Crippen molar-refractivity contribution in [2.75, 3.05) is 19.7 Å². The molecule has 4 heteroatoms. The van der Waals surface area contributed by atoms with Crippen molar-refractivity contribution in [3.05, 3.63) is 35.9 Å². The van der Waals surface area contributed by atoms with Crippen molar-refractivity contribution >= 4 is 5.91 Å². The Bertz CT molecular complexity index is 482. The number of likely N-dealkylation sites (tertiary alicyclic amines) is 1. The van der Waals surface area contributed by atoms with E-state index in [4.69, 9.17) is 10.5 Å². The second-order valence-corrected chi connectivity index (χ2v) is 7.28. The second-order valence-electron chi connectivity index (χ2n) is 7.28. The summed E-state index contributed by atoms with van der Waals surface area (Å²) in [5.74, 6) is 0.484. The number of nitrogens with zero attached hydrogens (tertiary/aromatic N) is 1. The minimum atomic E-state index is -0.434. The third kappa shape index (κ3) is 4.55. The lowest BCUT2D eigenvalue weighted by molar-refractivity contribution is -0.134. The zero-order chi connectivity index (χ0) is 16.2. The summed E-state index contributed by atoms with van der Waals surface area (Å²) >= 11 is 0. The number of benzene rings is 1. The predicted octanol–water partition coefficient (Wildman–Crippen LogP) is 2.43. The van der Waals surface area contributed by atoms with Crippen LogP contribution >= 0.6 is 0 Å². The van der Waals surface area contributed by atoms with Gasteiger partial charge in [-0.3, -0.25) is 4.79 Å². The minimum Gasteiger partial charge on any atom is -0.376 e. The van der Waals surface area contributed by atoms with Gasteiger partial charge in [-0.15, -0.1) is 0 Å². The molecule has 0 unspecified atom stereocenters. The third-order valence-corrected chi connectivity index (χ3v) is 4.26. The fourth-order valence-electron chi connectivity index (χ4n) is 2.65. The summed E-state index contributed by atoms with van der Waals surface area (Å²) in [4.78, 5) is 14.3. The Morgan fingerprint density at radius 1 is 1.36 bits per heavy atom. The van der Waals surface area contributed by atoms with Crippen LogP contribution in [0.2, 0.25) is 0 Å². The molecular weight excluding hydrogens is 276 g/mol. The van der Waals surface area contributed by atoms with Crippen molar-refractivity contribution in [2.24, 2.45) is 17.1 Å². The zero-order valence-corrected chi connectivity index (χ0v) is 13.9. The largest absolute Gasteiger partial charge is 0.376 e. The number of hydrogen-bond donors (Lipinski definition) is 1. The maximum atomic E-state index is 12.4. The van der Waals surface area contributed by atoms with E-state index in [1.807, 2.05) is 43.9 Å². The van der Waals surface area contributed by atoms with Gasteiger partial charge in [-0.1, -0.05) is 51.1 Å². The maximum Gasteiger partial charge on any atom is 0.240 e. The molecule has 1 heterocycles. The SMILES string of the molecule is CC(C)(C)[C@H](N)C(=O)N1CC[C@H](COCc2ccccc2)C1. The molecule has 2 N–H and O–H groups in total. The average Bonchev–Trinajstić information content (AvgIpc) is 2.95. The van der Waals surface area contributed by atoms with E-state index in [2.05, 4.69) is 12.1 Å². The number of amides is 1. The first-order valence-corrected chi connectivity index (χ1v) is 8.04. The van der Waals surface area contributed by atoms with E-state index < -0.39 is 6.04 Å². The lowest BCUT2D eigenvalue weighted by Crippen LogP contribution is -2.49. The summed E-state index contributed by atoms with van der Waals surface area (Å²) in [6, 6.07) is 9.73. The fourth-order valence-corrected chi connectivity index (χ4v) is 2.65. The molecule has 1 aromatic rings. The number of nitrogens with two attached hydrogens (primary N) is 1. The standard InChI is InChI=1S/C18H28N2O2/c1-18(2,3)16(19)17(21)20-10-9-15(11-20)13-22-12-14-7-5-4-6-8-14/h4-8,15-16H,9-13,19H2,1-3H3/t15-,16+/m0/s1. The molecule has 2 atom stereocenters. The quantitative estimate of drug-likeness (QED) is 0.909. The highest BCUT2D eigenvalue weighted by molar-refractivity contribution is 5.82. The Labute approximate surface area is 133 Å². The molecule has 0 aromatic heterocycles. The Morgan fingerprint density at radius 2 is 2.05 bits per heavy atom. The third-order valence-electron chi connectivity index (χ3n) is 4.26. The number of ether oxygens (including phenoxy) is 1. The predicted molar refractivity (Wildman–Crippen MR) is 88.2 cm³/mol. The highest BCUT2D eigenvalue weighted by Crippen LogP contribution is 2.23. The van der Waals surface area contributed by atoms with Gasteiger partial charge in [-0.2, -0.15) is 0 Å². The molecule has 1 fully saturated rings. The van der Waals surface area contributed by atoms with Gasteiger partial charge in [0.1, 0.15) is 0 Å². The van der Waals surface area contributed by atoms with E-state index in [9.17, 15) is 4.79 Å². The first kappa shape index (κ1) is 17.0. The van der Waals surface area contributed by atoms with Crippen LogP contribution in [0.1, 0.15) is 32.8 Å². The van der Waals surface area contributed by atoms with Gasteiger partial charge in [-0.05, 0) is 17.4 Å². The number of rotatable bonds is 5. The van der Waals surface area contributed by atoms with Crippen molar-refractivity contribution in [3.63, 3.8) is 0 Å². The molecule has 1 aliphatic rings. The highest BCUT2D eigenvalue weighted by Gasteiger charge is 2.34. The molecule has 0 spiro atoms. The molecule has 1 aromatic carbocycles.